The van der Waals surface area contributed by atoms with Crippen molar-refractivity contribution in [2.75, 3.05) is 6.54 Å². The molecule has 0 bridgehead atoms. The van der Waals surface area contributed by atoms with Crippen molar-refractivity contribution >= 4 is 17.3 Å². The number of aliphatic carboxylic acids is 1. The topological polar surface area (TPSA) is 49.3 Å². The molecule has 0 saturated heterocycles. The third-order valence-corrected chi connectivity index (χ3v) is 5.27. The van der Waals surface area contributed by atoms with Crippen molar-refractivity contribution in [2.24, 2.45) is 5.41 Å². The summed E-state index contributed by atoms with van der Waals surface area (Å²) in [4.78, 5) is 12.7. The second-order valence-corrected chi connectivity index (χ2v) is 6.56. The first-order valence-electron chi connectivity index (χ1n) is 7.68. The zero-order valence-electron chi connectivity index (χ0n) is 13.1. The highest BCUT2D eigenvalue weighted by Gasteiger charge is 2.34. The molecule has 0 fully saturated rings. The summed E-state index contributed by atoms with van der Waals surface area (Å²) in [6, 6.07) is 12.5. The fraction of sp³-hybridized carbons (Fsp3) is 0.389. The van der Waals surface area contributed by atoms with Crippen LogP contribution >= 0.6 is 11.3 Å². The summed E-state index contributed by atoms with van der Waals surface area (Å²) in [5, 5.41) is 14.9. The molecule has 0 radical (unpaired) electrons. The van der Waals surface area contributed by atoms with Gasteiger partial charge in [-0.3, -0.25) is 4.79 Å². The van der Waals surface area contributed by atoms with Gasteiger partial charge in [-0.1, -0.05) is 44.2 Å². The fourth-order valence-electron chi connectivity index (χ4n) is 2.56. The summed E-state index contributed by atoms with van der Waals surface area (Å²) < 4.78 is 0. The van der Waals surface area contributed by atoms with E-state index < -0.39 is 11.4 Å². The maximum absolute atomic E-state index is 11.5. The van der Waals surface area contributed by atoms with Gasteiger partial charge in [-0.05, 0) is 35.4 Å². The van der Waals surface area contributed by atoms with Gasteiger partial charge in [0.15, 0.2) is 0 Å². The standard InChI is InChI=1S/C18H23NO2S/c1-3-18(4-2,17(20)21)13-19-11-16-10-15(12-22-16)14-8-6-5-7-9-14/h5-10,12,19H,3-4,11,13H2,1-2H3,(H,20,21). The molecule has 0 atom stereocenters. The van der Waals surface area contributed by atoms with E-state index >= 15 is 0 Å². The zero-order valence-corrected chi connectivity index (χ0v) is 14.0. The van der Waals surface area contributed by atoms with Crippen molar-refractivity contribution in [3.8, 4) is 11.1 Å². The first-order chi connectivity index (χ1) is 10.6. The Morgan fingerprint density at radius 3 is 2.45 bits per heavy atom. The van der Waals surface area contributed by atoms with Gasteiger partial charge in [0.2, 0.25) is 0 Å². The largest absolute Gasteiger partial charge is 0.481 e. The third kappa shape index (κ3) is 3.76. The Labute approximate surface area is 136 Å². The summed E-state index contributed by atoms with van der Waals surface area (Å²) in [7, 11) is 0. The predicted octanol–water partition coefficient (Wildman–Crippen LogP) is 4.40. The van der Waals surface area contributed by atoms with Gasteiger partial charge >= 0.3 is 5.97 Å². The number of hydrogen-bond acceptors (Lipinski definition) is 3. The van der Waals surface area contributed by atoms with Gasteiger partial charge in [-0.15, -0.1) is 11.3 Å². The molecule has 0 unspecified atom stereocenters. The van der Waals surface area contributed by atoms with Gasteiger partial charge < -0.3 is 10.4 Å². The summed E-state index contributed by atoms with van der Waals surface area (Å²) in [6.45, 7) is 5.11. The van der Waals surface area contributed by atoms with E-state index in [1.807, 2.05) is 32.0 Å². The predicted molar refractivity (Wildman–Crippen MR) is 92.1 cm³/mol. The Morgan fingerprint density at radius 2 is 1.86 bits per heavy atom. The second-order valence-electron chi connectivity index (χ2n) is 5.56. The van der Waals surface area contributed by atoms with E-state index in [0.29, 0.717) is 25.9 Å². The lowest BCUT2D eigenvalue weighted by atomic mass is 9.82. The van der Waals surface area contributed by atoms with Gasteiger partial charge in [0.25, 0.3) is 0 Å². The number of nitrogens with one attached hydrogen (secondary N) is 1. The summed E-state index contributed by atoms with van der Waals surface area (Å²) >= 11 is 1.71. The van der Waals surface area contributed by atoms with Crippen molar-refractivity contribution < 1.29 is 9.90 Å². The number of carboxylic acids is 1. The number of carbonyl (C=O) groups is 1. The van der Waals surface area contributed by atoms with Gasteiger partial charge in [0.05, 0.1) is 5.41 Å². The number of benzene rings is 1. The smallest absolute Gasteiger partial charge is 0.310 e. The van der Waals surface area contributed by atoms with Gasteiger partial charge in [0, 0.05) is 18.0 Å². The molecule has 3 nitrogen and oxygen atoms in total. The van der Waals surface area contributed by atoms with E-state index in [1.165, 1.54) is 16.0 Å². The Hall–Kier alpha value is -1.65. The van der Waals surface area contributed by atoms with Crippen LogP contribution in [0.4, 0.5) is 0 Å². The highest BCUT2D eigenvalue weighted by atomic mass is 32.1. The number of thiophene rings is 1. The molecular weight excluding hydrogens is 294 g/mol. The number of carboxylic acid groups (broad SMARTS) is 1. The summed E-state index contributed by atoms with van der Waals surface area (Å²) in [5.41, 5.74) is 1.78. The Kier molecular flexibility index (Phi) is 5.75. The van der Waals surface area contributed by atoms with Gasteiger partial charge in [0.1, 0.15) is 0 Å². The van der Waals surface area contributed by atoms with Crippen molar-refractivity contribution in [1.82, 2.24) is 5.32 Å². The van der Waals surface area contributed by atoms with Gasteiger partial charge in [-0.25, -0.2) is 0 Å². The van der Waals surface area contributed by atoms with Crippen LogP contribution in [0, 0.1) is 5.41 Å². The molecule has 2 N–H and O–H groups in total. The Morgan fingerprint density at radius 1 is 1.18 bits per heavy atom. The highest BCUT2D eigenvalue weighted by molar-refractivity contribution is 7.10. The lowest BCUT2D eigenvalue weighted by Crippen LogP contribution is -2.39. The molecule has 0 aliphatic carbocycles. The summed E-state index contributed by atoms with van der Waals surface area (Å²) in [6.07, 6.45) is 1.29. The Bertz CT molecular complexity index is 603. The molecule has 1 aromatic carbocycles. The molecule has 0 spiro atoms. The van der Waals surface area contributed by atoms with E-state index in [-0.39, 0.29) is 0 Å². The molecule has 1 aromatic heterocycles. The lowest BCUT2D eigenvalue weighted by Gasteiger charge is -2.26. The van der Waals surface area contributed by atoms with Crippen LogP contribution in [-0.2, 0) is 11.3 Å². The van der Waals surface area contributed by atoms with E-state index in [0.717, 1.165) is 0 Å². The van der Waals surface area contributed by atoms with Crippen molar-refractivity contribution in [3.05, 3.63) is 46.7 Å². The second kappa shape index (κ2) is 7.56. The van der Waals surface area contributed by atoms with Crippen LogP contribution in [0.25, 0.3) is 11.1 Å². The van der Waals surface area contributed by atoms with Crippen molar-refractivity contribution in [3.63, 3.8) is 0 Å². The van der Waals surface area contributed by atoms with Crippen LogP contribution in [0.15, 0.2) is 41.8 Å². The number of rotatable bonds is 8. The minimum absolute atomic E-state index is 0.508. The minimum atomic E-state index is -0.707. The van der Waals surface area contributed by atoms with Crippen LogP contribution in [-0.4, -0.2) is 17.6 Å². The molecular formula is C18H23NO2S. The van der Waals surface area contributed by atoms with Crippen LogP contribution in [0.5, 0.6) is 0 Å². The molecule has 118 valence electrons. The fourth-order valence-corrected chi connectivity index (χ4v) is 3.42. The van der Waals surface area contributed by atoms with Gasteiger partial charge in [-0.2, -0.15) is 0 Å². The maximum Gasteiger partial charge on any atom is 0.310 e. The Balaban J connectivity index is 1.96. The molecule has 22 heavy (non-hydrogen) atoms. The minimum Gasteiger partial charge on any atom is -0.481 e. The lowest BCUT2D eigenvalue weighted by molar-refractivity contribution is -0.149. The average molecular weight is 317 g/mol. The average Bonchev–Trinajstić information content (AvgIpc) is 3.01. The molecule has 0 aliphatic heterocycles. The first-order valence-corrected chi connectivity index (χ1v) is 8.56. The van der Waals surface area contributed by atoms with Crippen molar-refractivity contribution in [2.45, 2.75) is 33.2 Å². The normalized spacial score (nSPS) is 11.5. The maximum atomic E-state index is 11.5. The van der Waals surface area contributed by atoms with Crippen LogP contribution in [0.1, 0.15) is 31.6 Å². The number of hydrogen-bond donors (Lipinski definition) is 2. The van der Waals surface area contributed by atoms with Crippen LogP contribution in [0.2, 0.25) is 0 Å². The molecule has 0 amide bonds. The third-order valence-electron chi connectivity index (χ3n) is 4.33. The van der Waals surface area contributed by atoms with Crippen molar-refractivity contribution in [1.29, 1.82) is 0 Å². The van der Waals surface area contributed by atoms with E-state index in [4.69, 9.17) is 0 Å². The molecule has 4 heteroatoms. The monoisotopic (exact) mass is 317 g/mol. The quantitative estimate of drug-likeness (QED) is 0.759. The highest BCUT2D eigenvalue weighted by Crippen LogP contribution is 2.27. The first kappa shape index (κ1) is 16.7. The SMILES string of the molecule is CCC(CC)(CNCc1cc(-c2ccccc2)cs1)C(=O)O. The zero-order chi connectivity index (χ0) is 16.0. The molecule has 0 saturated carbocycles. The molecule has 1 heterocycles. The summed E-state index contributed by atoms with van der Waals surface area (Å²) in [5.74, 6) is -0.707. The van der Waals surface area contributed by atoms with Crippen LogP contribution in [0.3, 0.4) is 0 Å². The van der Waals surface area contributed by atoms with E-state index in [2.05, 4.69) is 28.9 Å². The van der Waals surface area contributed by atoms with E-state index in [9.17, 15) is 9.90 Å². The molecule has 2 rings (SSSR count). The van der Waals surface area contributed by atoms with Crippen LogP contribution < -0.4 is 5.32 Å². The van der Waals surface area contributed by atoms with E-state index in [1.54, 1.807) is 11.3 Å². The molecule has 2 aromatic rings. The molecule has 0 aliphatic rings.